The monoisotopic (exact) mass is 425 g/mol. The topological polar surface area (TPSA) is 64.6 Å². The number of rotatable bonds is 7. The van der Waals surface area contributed by atoms with Crippen molar-refractivity contribution >= 4 is 39.6 Å². The maximum atomic E-state index is 12.1. The van der Waals surface area contributed by atoms with Crippen LogP contribution in [0.25, 0.3) is 6.08 Å². The highest BCUT2D eigenvalue weighted by atomic mass is 79.9. The summed E-state index contributed by atoms with van der Waals surface area (Å²) in [6.07, 6.45) is 2.56. The van der Waals surface area contributed by atoms with Gasteiger partial charge >= 0.3 is 12.6 Å². The number of amides is 1. The van der Waals surface area contributed by atoms with Gasteiger partial charge in [0.05, 0.1) is 5.69 Å². The Labute approximate surface area is 156 Å². The average Bonchev–Trinajstić information content (AvgIpc) is 2.61. The molecule has 2 aromatic rings. The lowest BCUT2D eigenvalue weighted by Gasteiger charge is -2.07. The van der Waals surface area contributed by atoms with Crippen LogP contribution in [0, 0.1) is 0 Å². The minimum absolute atomic E-state index is 0.0171. The number of carbonyl (C=O) groups is 2. The smallest absolute Gasteiger partial charge is 0.387 e. The molecule has 5 nitrogen and oxygen atoms in total. The number of hydrogen-bond acceptors (Lipinski definition) is 4. The zero-order valence-corrected chi connectivity index (χ0v) is 14.9. The summed E-state index contributed by atoms with van der Waals surface area (Å²) in [5.41, 5.74) is 1.15. The van der Waals surface area contributed by atoms with Crippen LogP contribution in [-0.2, 0) is 14.3 Å². The van der Waals surface area contributed by atoms with Crippen molar-refractivity contribution in [1.82, 2.24) is 0 Å². The molecule has 1 N–H and O–H groups in total. The molecule has 0 radical (unpaired) electrons. The minimum atomic E-state index is -2.89. The number of esters is 1. The van der Waals surface area contributed by atoms with E-state index in [9.17, 15) is 18.4 Å². The second-order valence-corrected chi connectivity index (χ2v) is 5.77. The normalized spacial score (nSPS) is 10.8. The fourth-order valence-electron chi connectivity index (χ4n) is 1.86. The van der Waals surface area contributed by atoms with Crippen molar-refractivity contribution < 1.29 is 27.8 Å². The molecule has 0 heterocycles. The van der Waals surface area contributed by atoms with E-state index in [4.69, 9.17) is 4.74 Å². The molecule has 8 heteroatoms. The van der Waals surface area contributed by atoms with Gasteiger partial charge in [0.15, 0.2) is 6.61 Å². The second-order valence-electron chi connectivity index (χ2n) is 4.92. The quantitative estimate of drug-likeness (QED) is 0.532. The number of carbonyl (C=O) groups excluding carboxylic acids is 2. The molecule has 0 aliphatic rings. The van der Waals surface area contributed by atoms with Crippen LogP contribution in [0.15, 0.2) is 59.1 Å². The van der Waals surface area contributed by atoms with Gasteiger partial charge in [-0.15, -0.1) is 0 Å². The van der Waals surface area contributed by atoms with E-state index in [1.807, 2.05) is 0 Å². The van der Waals surface area contributed by atoms with Crippen LogP contribution in [0.5, 0.6) is 5.75 Å². The Kier molecular flexibility index (Phi) is 7.28. The van der Waals surface area contributed by atoms with Crippen LogP contribution < -0.4 is 10.1 Å². The average molecular weight is 426 g/mol. The van der Waals surface area contributed by atoms with E-state index in [0.29, 0.717) is 15.7 Å². The molecule has 1 amide bonds. The lowest BCUT2D eigenvalue weighted by atomic mass is 10.2. The predicted octanol–water partition coefficient (Wildman–Crippen LogP) is 4.25. The minimum Gasteiger partial charge on any atom is -0.452 e. The molecule has 2 rings (SSSR count). The summed E-state index contributed by atoms with van der Waals surface area (Å²) in [6, 6.07) is 12.7. The summed E-state index contributed by atoms with van der Waals surface area (Å²) < 4.78 is 33.9. The van der Waals surface area contributed by atoms with E-state index in [2.05, 4.69) is 26.0 Å². The molecule has 0 unspecified atom stereocenters. The van der Waals surface area contributed by atoms with Gasteiger partial charge in [-0.3, -0.25) is 4.79 Å². The number of ether oxygens (including phenoxy) is 2. The van der Waals surface area contributed by atoms with Crippen molar-refractivity contribution in [2.24, 2.45) is 0 Å². The molecule has 0 fully saturated rings. The number of hydrogen-bond donors (Lipinski definition) is 1. The first-order valence-corrected chi connectivity index (χ1v) is 8.17. The molecule has 26 heavy (non-hydrogen) atoms. The fraction of sp³-hybridized carbons (Fsp3) is 0.111. The summed E-state index contributed by atoms with van der Waals surface area (Å²) >= 11 is 3.29. The summed E-state index contributed by atoms with van der Waals surface area (Å²) in [6.45, 7) is -3.33. The Bertz CT molecular complexity index is 794. The van der Waals surface area contributed by atoms with Crippen molar-refractivity contribution in [3.63, 3.8) is 0 Å². The molecule has 0 spiro atoms. The Morgan fingerprint density at radius 3 is 2.46 bits per heavy atom. The van der Waals surface area contributed by atoms with Gasteiger partial charge in [-0.05, 0) is 51.8 Å². The molecule has 0 aromatic heterocycles. The third-order valence-electron chi connectivity index (χ3n) is 3.01. The van der Waals surface area contributed by atoms with Crippen molar-refractivity contribution in [2.75, 3.05) is 11.9 Å². The Balaban J connectivity index is 1.80. The highest BCUT2D eigenvalue weighted by Gasteiger charge is 2.07. The highest BCUT2D eigenvalue weighted by Crippen LogP contribution is 2.21. The van der Waals surface area contributed by atoms with E-state index in [1.54, 1.807) is 24.3 Å². The first-order valence-electron chi connectivity index (χ1n) is 7.38. The maximum Gasteiger partial charge on any atom is 0.387 e. The molecule has 0 aliphatic heterocycles. The first-order chi connectivity index (χ1) is 12.4. The van der Waals surface area contributed by atoms with Crippen LogP contribution in [0.2, 0.25) is 0 Å². The lowest BCUT2D eigenvalue weighted by Crippen LogP contribution is -2.20. The van der Waals surface area contributed by atoms with Crippen LogP contribution in [0.3, 0.4) is 0 Å². The molecular weight excluding hydrogens is 412 g/mol. The van der Waals surface area contributed by atoms with Gasteiger partial charge in [0, 0.05) is 10.5 Å². The van der Waals surface area contributed by atoms with E-state index >= 15 is 0 Å². The van der Waals surface area contributed by atoms with Crippen LogP contribution in [0.4, 0.5) is 14.5 Å². The number of alkyl halides is 2. The van der Waals surface area contributed by atoms with E-state index in [0.717, 1.165) is 6.08 Å². The molecule has 0 saturated heterocycles. The first kappa shape index (κ1) is 19.6. The van der Waals surface area contributed by atoms with Crippen molar-refractivity contribution in [2.45, 2.75) is 6.61 Å². The standard InChI is InChI=1S/C18H14BrF2NO4/c19-14-3-1-2-4-15(14)22-16(23)11-25-17(24)10-7-12-5-8-13(9-6-12)26-18(20)21/h1-10,18H,11H2,(H,22,23). The van der Waals surface area contributed by atoms with Crippen molar-refractivity contribution in [3.05, 3.63) is 64.6 Å². The zero-order chi connectivity index (χ0) is 18.9. The summed E-state index contributed by atoms with van der Waals surface area (Å²) in [4.78, 5) is 23.4. The Morgan fingerprint density at radius 1 is 1.12 bits per heavy atom. The van der Waals surface area contributed by atoms with Gasteiger partial charge in [-0.1, -0.05) is 24.3 Å². The summed E-state index contributed by atoms with van der Waals surface area (Å²) in [5.74, 6) is -1.17. The van der Waals surface area contributed by atoms with E-state index < -0.39 is 25.1 Å². The van der Waals surface area contributed by atoms with Crippen LogP contribution in [0.1, 0.15) is 5.56 Å². The van der Waals surface area contributed by atoms with Crippen LogP contribution in [-0.4, -0.2) is 25.1 Å². The maximum absolute atomic E-state index is 12.1. The zero-order valence-electron chi connectivity index (χ0n) is 13.3. The Morgan fingerprint density at radius 2 is 1.81 bits per heavy atom. The number of anilines is 1. The number of benzene rings is 2. The molecule has 0 bridgehead atoms. The largest absolute Gasteiger partial charge is 0.452 e. The SMILES string of the molecule is O=C(COC(=O)C=Cc1ccc(OC(F)F)cc1)Nc1ccccc1Br. The van der Waals surface area contributed by atoms with Crippen molar-refractivity contribution in [1.29, 1.82) is 0 Å². The molecule has 2 aromatic carbocycles. The predicted molar refractivity (Wildman–Crippen MR) is 95.8 cm³/mol. The molecule has 0 atom stereocenters. The van der Waals surface area contributed by atoms with Gasteiger partial charge < -0.3 is 14.8 Å². The number of halogens is 3. The summed E-state index contributed by atoms with van der Waals surface area (Å²) in [5, 5.41) is 2.60. The number of para-hydroxylation sites is 1. The lowest BCUT2D eigenvalue weighted by molar-refractivity contribution is -0.142. The highest BCUT2D eigenvalue weighted by molar-refractivity contribution is 9.10. The van der Waals surface area contributed by atoms with Gasteiger partial charge in [-0.2, -0.15) is 8.78 Å². The molecular formula is C18H14BrF2NO4. The van der Waals surface area contributed by atoms with E-state index in [1.165, 1.54) is 30.3 Å². The molecule has 0 aliphatic carbocycles. The van der Waals surface area contributed by atoms with E-state index in [-0.39, 0.29) is 5.75 Å². The Hall–Kier alpha value is -2.74. The van der Waals surface area contributed by atoms with Gasteiger partial charge in [0.2, 0.25) is 0 Å². The fourth-order valence-corrected chi connectivity index (χ4v) is 2.24. The second kappa shape index (κ2) is 9.67. The third-order valence-corrected chi connectivity index (χ3v) is 3.70. The summed E-state index contributed by atoms with van der Waals surface area (Å²) in [7, 11) is 0. The molecule has 0 saturated carbocycles. The van der Waals surface area contributed by atoms with Gasteiger partial charge in [-0.25, -0.2) is 4.79 Å². The van der Waals surface area contributed by atoms with Crippen molar-refractivity contribution in [3.8, 4) is 5.75 Å². The molecule has 136 valence electrons. The van der Waals surface area contributed by atoms with Gasteiger partial charge in [0.1, 0.15) is 5.75 Å². The third kappa shape index (κ3) is 6.64. The van der Waals surface area contributed by atoms with Crippen LogP contribution >= 0.6 is 15.9 Å². The number of nitrogens with one attached hydrogen (secondary N) is 1. The van der Waals surface area contributed by atoms with Gasteiger partial charge in [0.25, 0.3) is 5.91 Å².